The Balaban J connectivity index is 2.20. The molecule has 1 heterocycles. The second-order valence-corrected chi connectivity index (χ2v) is 3.47. The number of hydrogen-bond acceptors (Lipinski definition) is 4. The van der Waals surface area contributed by atoms with E-state index in [1.807, 2.05) is 0 Å². The minimum atomic E-state index is -0.148. The van der Waals surface area contributed by atoms with E-state index in [0.29, 0.717) is 12.5 Å². The van der Waals surface area contributed by atoms with Gasteiger partial charge >= 0.3 is 0 Å². The van der Waals surface area contributed by atoms with Gasteiger partial charge < -0.3 is 5.11 Å². The standard InChI is InChI=1S/C8H17N3O2/c9-10-8(13)6-11-3-1-7(5-11)2-4-12/h7,12H,1-6,9H2,(H,10,13). The molecule has 0 saturated carbocycles. The van der Waals surface area contributed by atoms with E-state index in [4.69, 9.17) is 10.9 Å². The molecule has 1 saturated heterocycles. The summed E-state index contributed by atoms with van der Waals surface area (Å²) in [6.45, 7) is 2.44. The summed E-state index contributed by atoms with van der Waals surface area (Å²) in [5.41, 5.74) is 2.11. The molecule has 1 atom stereocenters. The molecular weight excluding hydrogens is 170 g/mol. The van der Waals surface area contributed by atoms with E-state index in [9.17, 15) is 4.79 Å². The van der Waals surface area contributed by atoms with Gasteiger partial charge in [0.1, 0.15) is 0 Å². The summed E-state index contributed by atoms with van der Waals surface area (Å²) in [5, 5.41) is 8.72. The normalized spacial score (nSPS) is 23.4. The molecule has 5 heteroatoms. The van der Waals surface area contributed by atoms with E-state index in [0.717, 1.165) is 25.9 Å². The van der Waals surface area contributed by atoms with Crippen LogP contribution in [0.2, 0.25) is 0 Å². The van der Waals surface area contributed by atoms with Crippen molar-refractivity contribution in [1.82, 2.24) is 10.3 Å². The smallest absolute Gasteiger partial charge is 0.248 e. The molecule has 5 nitrogen and oxygen atoms in total. The number of nitrogens with two attached hydrogens (primary N) is 1. The number of hydrogen-bond donors (Lipinski definition) is 3. The van der Waals surface area contributed by atoms with E-state index >= 15 is 0 Å². The fourth-order valence-corrected chi connectivity index (χ4v) is 1.72. The van der Waals surface area contributed by atoms with Crippen LogP contribution < -0.4 is 11.3 Å². The number of carbonyl (C=O) groups excluding carboxylic acids is 1. The number of aliphatic hydroxyl groups excluding tert-OH is 1. The van der Waals surface area contributed by atoms with Crippen LogP contribution in [0, 0.1) is 5.92 Å². The molecule has 1 aliphatic rings. The maximum Gasteiger partial charge on any atom is 0.248 e. The van der Waals surface area contributed by atoms with Crippen molar-refractivity contribution >= 4 is 5.91 Å². The summed E-state index contributed by atoms with van der Waals surface area (Å²) in [4.78, 5) is 13.0. The minimum Gasteiger partial charge on any atom is -0.396 e. The lowest BCUT2D eigenvalue weighted by Gasteiger charge is -2.13. The summed E-state index contributed by atoms with van der Waals surface area (Å²) in [7, 11) is 0. The van der Waals surface area contributed by atoms with Crippen molar-refractivity contribution in [3.63, 3.8) is 0 Å². The number of nitrogens with zero attached hydrogens (tertiary/aromatic N) is 1. The van der Waals surface area contributed by atoms with Gasteiger partial charge in [0, 0.05) is 13.2 Å². The predicted octanol–water partition coefficient (Wildman–Crippen LogP) is -1.32. The average Bonchev–Trinajstić information content (AvgIpc) is 2.53. The fourth-order valence-electron chi connectivity index (χ4n) is 1.72. The van der Waals surface area contributed by atoms with Gasteiger partial charge in [-0.3, -0.25) is 15.1 Å². The van der Waals surface area contributed by atoms with Crippen molar-refractivity contribution in [1.29, 1.82) is 0 Å². The van der Waals surface area contributed by atoms with Crippen molar-refractivity contribution in [3.05, 3.63) is 0 Å². The quantitative estimate of drug-likeness (QED) is 0.290. The highest BCUT2D eigenvalue weighted by Gasteiger charge is 2.22. The van der Waals surface area contributed by atoms with Gasteiger partial charge in [0.2, 0.25) is 5.91 Å². The lowest BCUT2D eigenvalue weighted by molar-refractivity contribution is -0.122. The highest BCUT2D eigenvalue weighted by Crippen LogP contribution is 2.18. The third-order valence-corrected chi connectivity index (χ3v) is 2.44. The van der Waals surface area contributed by atoms with Crippen molar-refractivity contribution in [2.75, 3.05) is 26.2 Å². The summed E-state index contributed by atoms with van der Waals surface area (Å²) < 4.78 is 0. The number of hydrazine groups is 1. The Morgan fingerprint density at radius 3 is 3.08 bits per heavy atom. The van der Waals surface area contributed by atoms with Crippen LogP contribution in [0.4, 0.5) is 0 Å². The fraction of sp³-hybridized carbons (Fsp3) is 0.875. The predicted molar refractivity (Wildman–Crippen MR) is 48.6 cm³/mol. The number of amides is 1. The number of aliphatic hydroxyl groups is 1. The first-order valence-electron chi connectivity index (χ1n) is 4.59. The molecule has 0 aromatic rings. The van der Waals surface area contributed by atoms with Crippen molar-refractivity contribution < 1.29 is 9.90 Å². The van der Waals surface area contributed by atoms with E-state index in [2.05, 4.69) is 10.3 Å². The number of carbonyl (C=O) groups is 1. The Labute approximate surface area is 77.9 Å². The average molecular weight is 187 g/mol. The zero-order chi connectivity index (χ0) is 9.68. The summed E-state index contributed by atoms with van der Waals surface area (Å²) in [6, 6.07) is 0. The van der Waals surface area contributed by atoms with Crippen molar-refractivity contribution in [2.24, 2.45) is 11.8 Å². The Hall–Kier alpha value is -0.650. The summed E-state index contributed by atoms with van der Waals surface area (Å²) >= 11 is 0. The molecule has 0 aromatic carbocycles. The largest absolute Gasteiger partial charge is 0.396 e. The van der Waals surface area contributed by atoms with E-state index in [1.54, 1.807) is 0 Å². The molecule has 4 N–H and O–H groups in total. The van der Waals surface area contributed by atoms with Gasteiger partial charge in [-0.15, -0.1) is 0 Å². The van der Waals surface area contributed by atoms with Crippen LogP contribution in [0.3, 0.4) is 0 Å². The first kappa shape index (κ1) is 10.4. The van der Waals surface area contributed by atoms with Crippen LogP contribution in [-0.4, -0.2) is 42.2 Å². The van der Waals surface area contributed by atoms with Crippen LogP contribution in [0.1, 0.15) is 12.8 Å². The second-order valence-electron chi connectivity index (χ2n) is 3.47. The number of nitrogens with one attached hydrogen (secondary N) is 1. The molecule has 13 heavy (non-hydrogen) atoms. The van der Waals surface area contributed by atoms with E-state index in [1.165, 1.54) is 0 Å². The zero-order valence-corrected chi connectivity index (χ0v) is 7.70. The van der Waals surface area contributed by atoms with Gasteiger partial charge in [-0.25, -0.2) is 5.84 Å². The second kappa shape index (κ2) is 5.16. The van der Waals surface area contributed by atoms with Gasteiger partial charge in [-0.1, -0.05) is 0 Å². The van der Waals surface area contributed by atoms with Crippen molar-refractivity contribution in [2.45, 2.75) is 12.8 Å². The van der Waals surface area contributed by atoms with Gasteiger partial charge in [0.15, 0.2) is 0 Å². The maximum absolute atomic E-state index is 10.9. The van der Waals surface area contributed by atoms with Crippen LogP contribution >= 0.6 is 0 Å². The van der Waals surface area contributed by atoms with E-state index < -0.39 is 0 Å². The van der Waals surface area contributed by atoms with Crippen LogP contribution in [0.15, 0.2) is 0 Å². The molecule has 0 bridgehead atoms. The molecule has 0 aliphatic carbocycles. The minimum absolute atomic E-state index is 0.148. The molecule has 0 spiro atoms. The first-order valence-corrected chi connectivity index (χ1v) is 4.59. The summed E-state index contributed by atoms with van der Waals surface area (Å²) in [5.74, 6) is 5.37. The summed E-state index contributed by atoms with van der Waals surface area (Å²) in [6.07, 6.45) is 1.90. The maximum atomic E-state index is 10.9. The Bertz CT molecular complexity index is 175. The molecule has 1 fully saturated rings. The van der Waals surface area contributed by atoms with Crippen molar-refractivity contribution in [3.8, 4) is 0 Å². The lowest BCUT2D eigenvalue weighted by atomic mass is 10.1. The lowest BCUT2D eigenvalue weighted by Crippen LogP contribution is -2.39. The topological polar surface area (TPSA) is 78.6 Å². The van der Waals surface area contributed by atoms with Gasteiger partial charge in [-0.05, 0) is 25.3 Å². The molecule has 1 aliphatic heterocycles. The van der Waals surface area contributed by atoms with Gasteiger partial charge in [0.05, 0.1) is 6.54 Å². The van der Waals surface area contributed by atoms with E-state index in [-0.39, 0.29) is 12.5 Å². The molecular formula is C8H17N3O2. The molecule has 0 aromatic heterocycles. The van der Waals surface area contributed by atoms with Gasteiger partial charge in [-0.2, -0.15) is 0 Å². The molecule has 1 unspecified atom stereocenters. The highest BCUT2D eigenvalue weighted by molar-refractivity contribution is 5.77. The molecule has 0 radical (unpaired) electrons. The third-order valence-electron chi connectivity index (χ3n) is 2.44. The van der Waals surface area contributed by atoms with Gasteiger partial charge in [0.25, 0.3) is 0 Å². The number of rotatable bonds is 4. The van der Waals surface area contributed by atoms with Crippen LogP contribution in [0.5, 0.6) is 0 Å². The molecule has 1 rings (SSSR count). The first-order chi connectivity index (χ1) is 6.26. The Morgan fingerprint density at radius 2 is 2.46 bits per heavy atom. The van der Waals surface area contributed by atoms with Crippen LogP contribution in [-0.2, 0) is 4.79 Å². The Kier molecular flexibility index (Phi) is 4.14. The van der Waals surface area contributed by atoms with Crippen LogP contribution in [0.25, 0.3) is 0 Å². The monoisotopic (exact) mass is 187 g/mol. The third kappa shape index (κ3) is 3.30. The Morgan fingerprint density at radius 1 is 1.69 bits per heavy atom. The SMILES string of the molecule is NNC(=O)CN1CCC(CCO)C1. The highest BCUT2D eigenvalue weighted by atomic mass is 16.3. The molecule has 1 amide bonds. The molecule has 76 valence electrons. The zero-order valence-electron chi connectivity index (χ0n) is 7.70. The number of likely N-dealkylation sites (tertiary alicyclic amines) is 1.